The molecule has 0 unspecified atom stereocenters. The summed E-state index contributed by atoms with van der Waals surface area (Å²) >= 11 is 0. The van der Waals surface area contributed by atoms with Crippen LogP contribution < -0.4 is 19.5 Å². The average molecular weight is 294 g/mol. The van der Waals surface area contributed by atoms with Crippen molar-refractivity contribution >= 4 is 0 Å². The van der Waals surface area contributed by atoms with E-state index in [0.717, 1.165) is 30.0 Å². The molecule has 4 heteroatoms. The van der Waals surface area contributed by atoms with E-state index in [1.807, 2.05) is 12.1 Å². The minimum atomic E-state index is 0.662. The van der Waals surface area contributed by atoms with Gasteiger partial charge in [0.1, 0.15) is 6.54 Å². The van der Waals surface area contributed by atoms with Gasteiger partial charge in [-0.25, -0.2) is 0 Å². The Bertz CT molecular complexity index is 428. The van der Waals surface area contributed by atoms with Crippen LogP contribution in [-0.2, 0) is 6.54 Å². The van der Waals surface area contributed by atoms with E-state index >= 15 is 0 Å². The van der Waals surface area contributed by atoms with Crippen molar-refractivity contribution in [1.82, 2.24) is 0 Å². The van der Waals surface area contributed by atoms with Crippen LogP contribution in [0, 0.1) is 5.92 Å². The molecule has 2 N–H and O–H groups in total. The van der Waals surface area contributed by atoms with Gasteiger partial charge in [0.05, 0.1) is 27.4 Å². The number of rotatable bonds is 6. The number of hydrogen-bond donors (Lipinski definition) is 1. The molecule has 2 rings (SSSR count). The van der Waals surface area contributed by atoms with Crippen LogP contribution in [0.15, 0.2) is 12.1 Å². The molecular formula is C17H28NO3+. The van der Waals surface area contributed by atoms with Gasteiger partial charge in [0.25, 0.3) is 0 Å². The zero-order valence-electron chi connectivity index (χ0n) is 13.6. The van der Waals surface area contributed by atoms with Crippen LogP contribution in [0.4, 0.5) is 0 Å². The molecule has 0 spiro atoms. The molecule has 1 aromatic carbocycles. The van der Waals surface area contributed by atoms with Crippen molar-refractivity contribution in [3.05, 3.63) is 17.7 Å². The Morgan fingerprint density at radius 1 is 0.952 bits per heavy atom. The van der Waals surface area contributed by atoms with E-state index in [1.54, 1.807) is 21.3 Å². The summed E-state index contributed by atoms with van der Waals surface area (Å²) in [6.45, 7) is 3.31. The lowest BCUT2D eigenvalue weighted by Gasteiger charge is -2.24. The van der Waals surface area contributed by atoms with Gasteiger partial charge < -0.3 is 19.5 Å². The van der Waals surface area contributed by atoms with Crippen LogP contribution in [0.5, 0.6) is 17.2 Å². The van der Waals surface area contributed by atoms with Crippen molar-refractivity contribution in [2.75, 3.05) is 21.3 Å². The Morgan fingerprint density at radius 3 is 2.00 bits per heavy atom. The Labute approximate surface area is 127 Å². The van der Waals surface area contributed by atoms with Crippen molar-refractivity contribution in [2.45, 2.75) is 45.2 Å². The van der Waals surface area contributed by atoms with E-state index in [2.05, 4.69) is 12.2 Å². The lowest BCUT2D eigenvalue weighted by molar-refractivity contribution is -0.707. The molecule has 0 aliphatic heterocycles. The van der Waals surface area contributed by atoms with Gasteiger partial charge >= 0.3 is 0 Å². The lowest BCUT2D eigenvalue weighted by Crippen LogP contribution is -2.88. The molecular weight excluding hydrogens is 266 g/mol. The van der Waals surface area contributed by atoms with Crippen molar-refractivity contribution in [3.63, 3.8) is 0 Å². The number of ether oxygens (including phenoxy) is 3. The maximum Gasteiger partial charge on any atom is 0.203 e. The van der Waals surface area contributed by atoms with E-state index in [4.69, 9.17) is 14.2 Å². The van der Waals surface area contributed by atoms with Gasteiger partial charge in [0, 0.05) is 5.56 Å². The van der Waals surface area contributed by atoms with E-state index in [-0.39, 0.29) is 0 Å². The largest absolute Gasteiger partial charge is 0.493 e. The Balaban J connectivity index is 2.02. The molecule has 0 heterocycles. The fraction of sp³-hybridized carbons (Fsp3) is 0.647. The number of methoxy groups -OCH3 is 3. The predicted octanol–water partition coefficient (Wildman–Crippen LogP) is 2.35. The van der Waals surface area contributed by atoms with Gasteiger partial charge in [0.15, 0.2) is 11.5 Å². The first kappa shape index (κ1) is 16.0. The van der Waals surface area contributed by atoms with Crippen molar-refractivity contribution in [1.29, 1.82) is 0 Å². The summed E-state index contributed by atoms with van der Waals surface area (Å²) in [5.41, 5.74) is 1.21. The molecule has 1 aliphatic rings. The van der Waals surface area contributed by atoms with Gasteiger partial charge in [-0.2, -0.15) is 0 Å². The first-order chi connectivity index (χ1) is 10.2. The third kappa shape index (κ3) is 4.03. The summed E-state index contributed by atoms with van der Waals surface area (Å²) in [6, 6.07) is 4.84. The fourth-order valence-electron chi connectivity index (χ4n) is 3.08. The SMILES string of the molecule is COc1cc(C[NH2+]C2CCC(C)CC2)cc(OC)c1OC. The van der Waals surface area contributed by atoms with Crippen LogP contribution in [0.1, 0.15) is 38.2 Å². The van der Waals surface area contributed by atoms with Crippen molar-refractivity contribution in [3.8, 4) is 17.2 Å². The second-order valence-electron chi connectivity index (χ2n) is 5.99. The zero-order valence-corrected chi connectivity index (χ0v) is 13.6. The summed E-state index contributed by atoms with van der Waals surface area (Å²) in [6.07, 6.45) is 5.37. The molecule has 1 aromatic rings. The average Bonchev–Trinajstić information content (AvgIpc) is 2.53. The molecule has 1 fully saturated rings. The lowest BCUT2D eigenvalue weighted by atomic mass is 9.87. The molecule has 0 saturated heterocycles. The van der Waals surface area contributed by atoms with Gasteiger partial charge in [-0.1, -0.05) is 6.92 Å². The molecule has 0 bridgehead atoms. The Hall–Kier alpha value is -1.42. The van der Waals surface area contributed by atoms with Gasteiger partial charge in [-0.05, 0) is 43.7 Å². The highest BCUT2D eigenvalue weighted by Crippen LogP contribution is 2.38. The highest BCUT2D eigenvalue weighted by Gasteiger charge is 2.21. The topological polar surface area (TPSA) is 44.3 Å². The summed E-state index contributed by atoms with van der Waals surface area (Å²) in [5.74, 6) is 3.03. The Kier molecular flexibility index (Phi) is 5.74. The van der Waals surface area contributed by atoms with Crippen molar-refractivity contribution in [2.24, 2.45) is 5.92 Å². The quantitative estimate of drug-likeness (QED) is 0.876. The normalized spacial score (nSPS) is 21.9. The molecule has 0 amide bonds. The smallest absolute Gasteiger partial charge is 0.203 e. The third-order valence-electron chi connectivity index (χ3n) is 4.47. The summed E-state index contributed by atoms with van der Waals surface area (Å²) < 4.78 is 16.2. The van der Waals surface area contributed by atoms with Crippen LogP contribution in [0.3, 0.4) is 0 Å². The van der Waals surface area contributed by atoms with Crippen LogP contribution in [0.2, 0.25) is 0 Å². The second kappa shape index (κ2) is 7.55. The molecule has 0 atom stereocenters. The molecule has 1 saturated carbocycles. The van der Waals surface area contributed by atoms with E-state index < -0.39 is 0 Å². The van der Waals surface area contributed by atoms with E-state index in [9.17, 15) is 0 Å². The summed E-state index contributed by atoms with van der Waals surface area (Å²) in [4.78, 5) is 0. The monoisotopic (exact) mass is 294 g/mol. The van der Waals surface area contributed by atoms with Crippen molar-refractivity contribution < 1.29 is 19.5 Å². The van der Waals surface area contributed by atoms with E-state index in [1.165, 1.54) is 31.2 Å². The van der Waals surface area contributed by atoms with Crippen LogP contribution in [-0.4, -0.2) is 27.4 Å². The first-order valence-electron chi connectivity index (χ1n) is 7.80. The standard InChI is InChI=1S/C17H27NO3/c1-12-5-7-14(8-6-12)18-11-13-9-15(19-2)17(21-4)16(10-13)20-3/h9-10,12,14,18H,5-8,11H2,1-4H3/p+1. The molecule has 4 nitrogen and oxygen atoms in total. The predicted molar refractivity (Wildman–Crippen MR) is 83.1 cm³/mol. The van der Waals surface area contributed by atoms with Gasteiger partial charge in [-0.3, -0.25) is 0 Å². The summed E-state index contributed by atoms with van der Waals surface area (Å²) in [7, 11) is 4.95. The van der Waals surface area contributed by atoms with Crippen LogP contribution in [0.25, 0.3) is 0 Å². The minimum Gasteiger partial charge on any atom is -0.493 e. The maximum absolute atomic E-state index is 5.41. The fourth-order valence-corrected chi connectivity index (χ4v) is 3.08. The molecule has 0 aromatic heterocycles. The minimum absolute atomic E-state index is 0.662. The van der Waals surface area contributed by atoms with Crippen LogP contribution >= 0.6 is 0 Å². The first-order valence-corrected chi connectivity index (χ1v) is 7.80. The second-order valence-corrected chi connectivity index (χ2v) is 5.99. The molecule has 1 aliphatic carbocycles. The number of benzene rings is 1. The number of nitrogens with two attached hydrogens (primary N) is 1. The highest BCUT2D eigenvalue weighted by atomic mass is 16.5. The third-order valence-corrected chi connectivity index (χ3v) is 4.47. The maximum atomic E-state index is 5.41. The highest BCUT2D eigenvalue weighted by molar-refractivity contribution is 5.53. The van der Waals surface area contributed by atoms with Gasteiger partial charge in [0.2, 0.25) is 5.75 Å². The summed E-state index contributed by atoms with van der Waals surface area (Å²) in [5, 5.41) is 2.45. The Morgan fingerprint density at radius 2 is 1.52 bits per heavy atom. The zero-order chi connectivity index (χ0) is 15.2. The van der Waals surface area contributed by atoms with Gasteiger partial charge in [-0.15, -0.1) is 0 Å². The number of quaternary nitrogens is 1. The number of hydrogen-bond acceptors (Lipinski definition) is 3. The van der Waals surface area contributed by atoms with E-state index in [0.29, 0.717) is 5.75 Å². The molecule has 21 heavy (non-hydrogen) atoms. The molecule has 0 radical (unpaired) electrons. The molecule has 118 valence electrons.